The molecule has 2 aromatic carbocycles. The van der Waals surface area contributed by atoms with Crippen LogP contribution < -0.4 is 15.0 Å². The van der Waals surface area contributed by atoms with Gasteiger partial charge in [0.1, 0.15) is 5.75 Å². The Bertz CT molecular complexity index is 1030. The maximum atomic E-state index is 13.0. The van der Waals surface area contributed by atoms with Gasteiger partial charge in [-0.3, -0.25) is 24.1 Å². The van der Waals surface area contributed by atoms with E-state index in [1.54, 1.807) is 48.5 Å². The maximum Gasteiger partial charge on any atom is 0.262 e. The summed E-state index contributed by atoms with van der Waals surface area (Å²) in [6, 6.07) is 14.0. The summed E-state index contributed by atoms with van der Waals surface area (Å²) in [7, 11) is 1.50. The monoisotopic (exact) mass is 407 g/mol. The molecular weight excluding hydrogens is 386 g/mol. The number of carbonyl (C=O) groups excluding carboxylic acids is 4. The van der Waals surface area contributed by atoms with Crippen molar-refractivity contribution in [2.45, 2.75) is 18.9 Å². The number of amides is 4. The van der Waals surface area contributed by atoms with Crippen molar-refractivity contribution in [1.82, 2.24) is 10.2 Å². The molecule has 154 valence electrons. The molecule has 0 saturated carbocycles. The number of imide groups is 1. The van der Waals surface area contributed by atoms with Crippen LogP contribution in [0.1, 0.15) is 22.3 Å². The molecule has 30 heavy (non-hydrogen) atoms. The van der Waals surface area contributed by atoms with Crippen molar-refractivity contribution in [1.29, 1.82) is 0 Å². The van der Waals surface area contributed by atoms with Crippen molar-refractivity contribution >= 4 is 29.3 Å². The number of ether oxygens (including phenoxy) is 1. The number of benzene rings is 2. The van der Waals surface area contributed by atoms with Crippen LogP contribution in [0.4, 0.5) is 5.69 Å². The van der Waals surface area contributed by atoms with Gasteiger partial charge in [-0.2, -0.15) is 0 Å². The molecule has 0 spiro atoms. The summed E-state index contributed by atoms with van der Waals surface area (Å²) >= 11 is 0. The fourth-order valence-electron chi connectivity index (χ4n) is 3.74. The molecular formula is C22H21N3O5. The third-order valence-corrected chi connectivity index (χ3v) is 5.30. The number of hydrogen-bond acceptors (Lipinski definition) is 5. The van der Waals surface area contributed by atoms with Gasteiger partial charge in [-0.25, -0.2) is 0 Å². The van der Waals surface area contributed by atoms with Gasteiger partial charge in [0.2, 0.25) is 11.8 Å². The number of nitrogens with zero attached hydrogens (tertiary/aromatic N) is 2. The Morgan fingerprint density at radius 3 is 2.63 bits per heavy atom. The van der Waals surface area contributed by atoms with Crippen LogP contribution in [0.3, 0.4) is 0 Å². The van der Waals surface area contributed by atoms with Crippen LogP contribution >= 0.6 is 0 Å². The first kappa shape index (κ1) is 19.6. The highest BCUT2D eigenvalue weighted by atomic mass is 16.5. The lowest BCUT2D eigenvalue weighted by Crippen LogP contribution is -2.51. The first-order valence-electron chi connectivity index (χ1n) is 9.70. The van der Waals surface area contributed by atoms with Crippen LogP contribution in [0.25, 0.3) is 0 Å². The lowest BCUT2D eigenvalue weighted by Gasteiger charge is -2.34. The summed E-state index contributed by atoms with van der Waals surface area (Å²) in [6.45, 7) is 0.0369. The van der Waals surface area contributed by atoms with Gasteiger partial charge in [0.15, 0.2) is 6.10 Å². The maximum absolute atomic E-state index is 13.0. The molecule has 0 unspecified atom stereocenters. The quantitative estimate of drug-likeness (QED) is 0.767. The molecule has 4 amide bonds. The van der Waals surface area contributed by atoms with E-state index in [1.165, 1.54) is 11.9 Å². The highest BCUT2D eigenvalue weighted by Gasteiger charge is 2.35. The van der Waals surface area contributed by atoms with E-state index in [9.17, 15) is 19.2 Å². The molecule has 2 aliphatic heterocycles. The third-order valence-electron chi connectivity index (χ3n) is 5.30. The molecule has 4 rings (SSSR count). The Morgan fingerprint density at radius 2 is 1.83 bits per heavy atom. The number of hydrogen-bond donors (Lipinski definition) is 1. The van der Waals surface area contributed by atoms with E-state index in [-0.39, 0.29) is 49.6 Å². The molecule has 0 radical (unpaired) electrons. The topological polar surface area (TPSA) is 96.0 Å². The fourth-order valence-corrected chi connectivity index (χ4v) is 3.74. The number of likely N-dealkylation sites (N-methyl/N-ethyl adjacent to an activating group) is 1. The van der Waals surface area contributed by atoms with Crippen LogP contribution in [0.15, 0.2) is 48.5 Å². The summed E-state index contributed by atoms with van der Waals surface area (Å²) in [6.07, 6.45) is -0.747. The van der Waals surface area contributed by atoms with Crippen LogP contribution in [0, 0.1) is 0 Å². The zero-order valence-corrected chi connectivity index (χ0v) is 16.5. The molecule has 8 heteroatoms. The van der Waals surface area contributed by atoms with Gasteiger partial charge < -0.3 is 15.0 Å². The molecule has 0 aliphatic carbocycles. The van der Waals surface area contributed by atoms with Crippen LogP contribution in [0.5, 0.6) is 5.75 Å². The summed E-state index contributed by atoms with van der Waals surface area (Å²) in [5, 5.41) is 2.53. The van der Waals surface area contributed by atoms with Gasteiger partial charge in [0.05, 0.1) is 18.7 Å². The van der Waals surface area contributed by atoms with E-state index in [1.807, 2.05) is 0 Å². The summed E-state index contributed by atoms with van der Waals surface area (Å²) < 4.78 is 5.71. The summed E-state index contributed by atoms with van der Waals surface area (Å²) in [5.74, 6) is -0.901. The van der Waals surface area contributed by atoms with Gasteiger partial charge >= 0.3 is 0 Å². The highest BCUT2D eigenvalue weighted by Crippen LogP contribution is 2.33. The van der Waals surface area contributed by atoms with Gasteiger partial charge in [0.25, 0.3) is 11.8 Å². The SMILES string of the molecule is CNC(=O)[C@H]1CN(C(=O)CCN2C(=O)Cc3ccccc3C2=O)c2ccccc2O1. The highest BCUT2D eigenvalue weighted by molar-refractivity contribution is 6.10. The molecule has 2 aliphatic rings. The van der Waals surface area contributed by atoms with E-state index in [2.05, 4.69) is 5.32 Å². The van der Waals surface area contributed by atoms with Crippen molar-refractivity contribution in [3.8, 4) is 5.75 Å². The molecule has 2 heterocycles. The van der Waals surface area contributed by atoms with E-state index in [0.29, 0.717) is 22.6 Å². The van der Waals surface area contributed by atoms with Gasteiger partial charge in [-0.15, -0.1) is 0 Å². The number of fused-ring (bicyclic) bond motifs is 2. The van der Waals surface area contributed by atoms with Gasteiger partial charge in [0, 0.05) is 25.6 Å². The third kappa shape index (κ3) is 3.52. The second kappa shape index (κ2) is 7.98. The van der Waals surface area contributed by atoms with Crippen LogP contribution in [0.2, 0.25) is 0 Å². The number of carbonyl (C=O) groups is 4. The van der Waals surface area contributed by atoms with Crippen molar-refractivity contribution < 1.29 is 23.9 Å². The van der Waals surface area contributed by atoms with E-state index >= 15 is 0 Å². The molecule has 0 fully saturated rings. The largest absolute Gasteiger partial charge is 0.477 e. The number of para-hydroxylation sites is 2. The lowest BCUT2D eigenvalue weighted by atomic mass is 9.98. The van der Waals surface area contributed by atoms with Crippen molar-refractivity contribution in [3.05, 3.63) is 59.7 Å². The predicted molar refractivity (Wildman–Crippen MR) is 108 cm³/mol. The zero-order chi connectivity index (χ0) is 21.3. The Hall–Kier alpha value is -3.68. The Labute approximate surface area is 173 Å². The van der Waals surface area contributed by atoms with E-state index < -0.39 is 6.10 Å². The molecule has 0 bridgehead atoms. The average Bonchev–Trinajstić information content (AvgIpc) is 2.77. The average molecular weight is 407 g/mol. The number of anilines is 1. The molecule has 2 aromatic rings. The van der Waals surface area contributed by atoms with Crippen molar-refractivity contribution in [2.24, 2.45) is 0 Å². The van der Waals surface area contributed by atoms with Gasteiger partial charge in [-0.1, -0.05) is 30.3 Å². The van der Waals surface area contributed by atoms with Gasteiger partial charge in [-0.05, 0) is 23.8 Å². The normalized spacial score (nSPS) is 17.7. The minimum Gasteiger partial charge on any atom is -0.477 e. The number of nitrogens with one attached hydrogen (secondary N) is 1. The molecule has 0 saturated heterocycles. The zero-order valence-electron chi connectivity index (χ0n) is 16.5. The first-order valence-corrected chi connectivity index (χ1v) is 9.70. The van der Waals surface area contributed by atoms with Crippen molar-refractivity contribution in [2.75, 3.05) is 25.0 Å². The molecule has 1 N–H and O–H groups in total. The molecule has 1 atom stereocenters. The second-order valence-electron chi connectivity index (χ2n) is 7.13. The molecule has 8 nitrogen and oxygen atoms in total. The minimum atomic E-state index is -0.834. The molecule has 0 aromatic heterocycles. The summed E-state index contributed by atoms with van der Waals surface area (Å²) in [4.78, 5) is 52.8. The second-order valence-corrected chi connectivity index (χ2v) is 7.13. The van der Waals surface area contributed by atoms with Crippen LogP contribution in [-0.2, 0) is 20.8 Å². The Balaban J connectivity index is 1.50. The van der Waals surface area contributed by atoms with Crippen LogP contribution in [-0.4, -0.2) is 54.8 Å². The standard InChI is InChI=1S/C22H21N3O5/c1-23-21(28)18-13-25(16-8-4-5-9-17(16)30-18)19(26)10-11-24-20(27)12-14-6-2-3-7-15(14)22(24)29/h2-9,18H,10-13H2,1H3,(H,23,28)/t18-/m1/s1. The van der Waals surface area contributed by atoms with E-state index in [4.69, 9.17) is 4.74 Å². The predicted octanol–water partition coefficient (Wildman–Crippen LogP) is 1.14. The Morgan fingerprint density at radius 1 is 1.10 bits per heavy atom. The number of rotatable bonds is 4. The fraction of sp³-hybridized carbons (Fsp3) is 0.273. The minimum absolute atomic E-state index is 0.0188. The lowest BCUT2D eigenvalue weighted by molar-refractivity contribution is -0.128. The van der Waals surface area contributed by atoms with E-state index in [0.717, 1.165) is 4.90 Å². The Kier molecular flexibility index (Phi) is 5.22. The summed E-state index contributed by atoms with van der Waals surface area (Å²) in [5.41, 5.74) is 1.75. The first-order chi connectivity index (χ1) is 14.5. The smallest absolute Gasteiger partial charge is 0.262 e. The van der Waals surface area contributed by atoms with Crippen molar-refractivity contribution in [3.63, 3.8) is 0 Å².